The standard InChI is InChI=1S/C19H28N4O4S/c1-3-23-15-8-10-22(19(24)14-12-13(2)20-21-14)11-9-16(15)27-17-6-4-5-7-18(17)28(23,25)26/h4-7,13-16,20-21H,3,8-12H2,1-2H3/t13?,14?,15-,16-/m1/s1. The second-order valence-electron chi connectivity index (χ2n) is 7.76. The van der Waals surface area contributed by atoms with Crippen molar-refractivity contribution in [1.82, 2.24) is 20.1 Å². The Balaban J connectivity index is 1.59. The fourth-order valence-corrected chi connectivity index (χ4v) is 6.29. The van der Waals surface area contributed by atoms with Gasteiger partial charge in [-0.2, -0.15) is 4.31 Å². The number of fused-ring (bicyclic) bond motifs is 2. The Morgan fingerprint density at radius 2 is 1.96 bits per heavy atom. The van der Waals surface area contributed by atoms with Crippen LogP contribution in [-0.2, 0) is 14.8 Å². The van der Waals surface area contributed by atoms with Gasteiger partial charge in [0, 0.05) is 32.1 Å². The summed E-state index contributed by atoms with van der Waals surface area (Å²) < 4.78 is 34.2. The van der Waals surface area contributed by atoms with Crippen molar-refractivity contribution >= 4 is 15.9 Å². The number of nitrogens with one attached hydrogen (secondary N) is 2. The molecule has 1 amide bonds. The Morgan fingerprint density at radius 3 is 2.68 bits per heavy atom. The fourth-order valence-electron chi connectivity index (χ4n) is 4.48. The lowest BCUT2D eigenvalue weighted by atomic mass is 10.1. The maximum Gasteiger partial charge on any atom is 0.247 e. The largest absolute Gasteiger partial charge is 0.487 e. The first-order valence-corrected chi connectivity index (χ1v) is 11.4. The maximum atomic E-state index is 13.2. The molecule has 2 saturated heterocycles. The van der Waals surface area contributed by atoms with Crippen LogP contribution in [0.2, 0.25) is 0 Å². The van der Waals surface area contributed by atoms with E-state index >= 15 is 0 Å². The van der Waals surface area contributed by atoms with Crippen LogP contribution in [0.25, 0.3) is 0 Å². The van der Waals surface area contributed by atoms with Gasteiger partial charge >= 0.3 is 0 Å². The van der Waals surface area contributed by atoms with Crippen molar-refractivity contribution in [2.45, 2.75) is 62.2 Å². The van der Waals surface area contributed by atoms with Gasteiger partial charge in [0.1, 0.15) is 22.8 Å². The number of benzene rings is 1. The lowest BCUT2D eigenvalue weighted by Gasteiger charge is -2.30. The van der Waals surface area contributed by atoms with E-state index in [1.807, 2.05) is 18.7 Å². The molecule has 2 unspecified atom stereocenters. The minimum Gasteiger partial charge on any atom is -0.487 e. The highest BCUT2D eigenvalue weighted by Gasteiger charge is 2.43. The molecule has 3 aliphatic heterocycles. The number of likely N-dealkylation sites (tertiary alicyclic amines) is 1. The summed E-state index contributed by atoms with van der Waals surface area (Å²) in [5.41, 5.74) is 6.16. The molecule has 4 atom stereocenters. The topological polar surface area (TPSA) is 91.0 Å². The van der Waals surface area contributed by atoms with Gasteiger partial charge in [-0.15, -0.1) is 0 Å². The summed E-state index contributed by atoms with van der Waals surface area (Å²) in [6.45, 7) is 5.35. The predicted octanol–water partition coefficient (Wildman–Crippen LogP) is 0.704. The summed E-state index contributed by atoms with van der Waals surface area (Å²) in [5, 5.41) is 0. The Kier molecular flexibility index (Phi) is 5.34. The van der Waals surface area contributed by atoms with Crippen LogP contribution >= 0.6 is 0 Å². The predicted molar refractivity (Wildman–Crippen MR) is 104 cm³/mol. The molecule has 4 rings (SSSR count). The minimum absolute atomic E-state index is 0.0691. The molecule has 0 bridgehead atoms. The van der Waals surface area contributed by atoms with Gasteiger partial charge in [-0.25, -0.2) is 13.8 Å². The van der Waals surface area contributed by atoms with E-state index in [4.69, 9.17) is 4.74 Å². The Hall–Kier alpha value is -1.68. The zero-order valence-corrected chi connectivity index (χ0v) is 17.1. The summed E-state index contributed by atoms with van der Waals surface area (Å²) in [7, 11) is -3.63. The van der Waals surface area contributed by atoms with Crippen LogP contribution in [0.15, 0.2) is 29.2 Å². The van der Waals surface area contributed by atoms with Crippen LogP contribution in [0, 0.1) is 0 Å². The average molecular weight is 409 g/mol. The zero-order valence-electron chi connectivity index (χ0n) is 16.3. The number of hydrogen-bond donors (Lipinski definition) is 2. The van der Waals surface area contributed by atoms with Gasteiger partial charge in [0.2, 0.25) is 15.9 Å². The van der Waals surface area contributed by atoms with E-state index in [1.54, 1.807) is 28.6 Å². The average Bonchev–Trinajstić information content (AvgIpc) is 2.97. The molecule has 3 aliphatic rings. The van der Waals surface area contributed by atoms with E-state index in [9.17, 15) is 13.2 Å². The van der Waals surface area contributed by atoms with Gasteiger partial charge in [0.25, 0.3) is 0 Å². The second-order valence-corrected chi connectivity index (χ2v) is 9.62. The number of carbonyl (C=O) groups is 1. The molecule has 2 N–H and O–H groups in total. The molecule has 1 aromatic carbocycles. The second kappa shape index (κ2) is 7.62. The highest BCUT2D eigenvalue weighted by Crippen LogP contribution is 2.36. The zero-order chi connectivity index (χ0) is 19.9. The molecule has 0 spiro atoms. The monoisotopic (exact) mass is 408 g/mol. The van der Waals surface area contributed by atoms with Crippen molar-refractivity contribution in [1.29, 1.82) is 0 Å². The molecular weight excluding hydrogens is 380 g/mol. The number of rotatable bonds is 2. The molecule has 9 heteroatoms. The molecule has 0 radical (unpaired) electrons. The van der Waals surface area contributed by atoms with Gasteiger partial charge in [0.05, 0.1) is 6.04 Å². The van der Waals surface area contributed by atoms with Gasteiger partial charge < -0.3 is 9.64 Å². The molecule has 1 aromatic rings. The van der Waals surface area contributed by atoms with Crippen molar-refractivity contribution < 1.29 is 17.9 Å². The first kappa shape index (κ1) is 19.6. The smallest absolute Gasteiger partial charge is 0.247 e. The SMILES string of the molecule is CCN1[C@@H]2CCN(C(=O)C3CC(C)NN3)CC[C@H]2Oc2ccccc2S1(=O)=O. The molecule has 0 aromatic heterocycles. The number of carbonyl (C=O) groups excluding carboxylic acids is 1. The number of nitrogens with zero attached hydrogens (tertiary/aromatic N) is 2. The van der Waals surface area contributed by atoms with Crippen LogP contribution < -0.4 is 15.6 Å². The molecular formula is C19H28N4O4S. The lowest BCUT2D eigenvalue weighted by molar-refractivity contribution is -0.133. The first-order valence-electron chi connectivity index (χ1n) is 9.99. The normalized spacial score (nSPS) is 32.6. The molecule has 0 aliphatic carbocycles. The van der Waals surface area contributed by atoms with Crippen LogP contribution in [0.5, 0.6) is 5.75 Å². The van der Waals surface area contributed by atoms with Crippen molar-refractivity contribution in [3.8, 4) is 5.75 Å². The number of amides is 1. The Morgan fingerprint density at radius 1 is 1.21 bits per heavy atom. The molecule has 8 nitrogen and oxygen atoms in total. The molecule has 3 heterocycles. The summed E-state index contributed by atoms with van der Waals surface area (Å²) >= 11 is 0. The fraction of sp³-hybridized carbons (Fsp3) is 0.632. The van der Waals surface area contributed by atoms with E-state index in [0.29, 0.717) is 38.2 Å². The quantitative estimate of drug-likeness (QED) is 0.749. The number of hydrazine groups is 1. The van der Waals surface area contributed by atoms with Gasteiger partial charge in [-0.1, -0.05) is 19.1 Å². The van der Waals surface area contributed by atoms with Crippen LogP contribution in [0.4, 0.5) is 0 Å². The van der Waals surface area contributed by atoms with Gasteiger partial charge in [-0.3, -0.25) is 10.2 Å². The third-order valence-electron chi connectivity index (χ3n) is 5.91. The lowest BCUT2D eigenvalue weighted by Crippen LogP contribution is -2.47. The number of ether oxygens (including phenoxy) is 1. The van der Waals surface area contributed by atoms with Crippen LogP contribution in [0.3, 0.4) is 0 Å². The van der Waals surface area contributed by atoms with E-state index in [0.717, 1.165) is 6.42 Å². The molecule has 154 valence electrons. The number of likely N-dealkylation sites (N-methyl/N-ethyl adjacent to an activating group) is 1. The molecule has 0 saturated carbocycles. The summed E-state index contributed by atoms with van der Waals surface area (Å²) in [6, 6.07) is 6.57. The summed E-state index contributed by atoms with van der Waals surface area (Å²) in [6.07, 6.45) is 1.64. The molecule has 28 heavy (non-hydrogen) atoms. The summed E-state index contributed by atoms with van der Waals surface area (Å²) in [4.78, 5) is 15.0. The van der Waals surface area contributed by atoms with Gasteiger partial charge in [0.15, 0.2) is 0 Å². The van der Waals surface area contributed by atoms with Crippen molar-refractivity contribution in [2.24, 2.45) is 0 Å². The van der Waals surface area contributed by atoms with E-state index in [2.05, 4.69) is 10.9 Å². The number of para-hydroxylation sites is 1. The Labute approximate surface area is 166 Å². The van der Waals surface area contributed by atoms with Crippen molar-refractivity contribution in [3.05, 3.63) is 24.3 Å². The van der Waals surface area contributed by atoms with Crippen molar-refractivity contribution in [2.75, 3.05) is 19.6 Å². The van der Waals surface area contributed by atoms with E-state index in [-0.39, 0.29) is 35.0 Å². The summed E-state index contributed by atoms with van der Waals surface area (Å²) in [5.74, 6) is 0.475. The van der Waals surface area contributed by atoms with Crippen LogP contribution in [0.1, 0.15) is 33.1 Å². The minimum atomic E-state index is -3.63. The van der Waals surface area contributed by atoms with Crippen LogP contribution in [-0.4, -0.2) is 67.4 Å². The Bertz CT molecular complexity index is 846. The number of sulfonamides is 1. The van der Waals surface area contributed by atoms with Crippen molar-refractivity contribution in [3.63, 3.8) is 0 Å². The molecule has 2 fully saturated rings. The third kappa shape index (κ3) is 3.41. The van der Waals surface area contributed by atoms with Gasteiger partial charge in [-0.05, 0) is 31.9 Å². The maximum absolute atomic E-state index is 13.2. The van der Waals surface area contributed by atoms with E-state index < -0.39 is 10.0 Å². The third-order valence-corrected chi connectivity index (χ3v) is 7.95. The highest BCUT2D eigenvalue weighted by atomic mass is 32.2. The first-order chi connectivity index (χ1) is 13.4. The number of hydrogen-bond acceptors (Lipinski definition) is 6. The van der Waals surface area contributed by atoms with E-state index in [1.165, 1.54) is 0 Å². The highest BCUT2D eigenvalue weighted by molar-refractivity contribution is 7.89.